The Hall–Kier alpha value is -1.44. The number of alkyl halides is 3. The minimum Gasteiger partial charge on any atom is -0.286 e. The fraction of sp³-hybridized carbons (Fsp3) is 0.444. The van der Waals surface area contributed by atoms with E-state index in [2.05, 4.69) is 16.8 Å². The van der Waals surface area contributed by atoms with Gasteiger partial charge in [-0.1, -0.05) is 17.4 Å². The van der Waals surface area contributed by atoms with Gasteiger partial charge in [-0.3, -0.25) is 9.69 Å². The Kier molecular flexibility index (Phi) is 2.90. The first-order valence-corrected chi connectivity index (χ1v) is 5.57. The highest BCUT2D eigenvalue weighted by Crippen LogP contribution is 2.36. The molecule has 1 fully saturated rings. The first-order chi connectivity index (χ1) is 7.91. The first-order valence-electron chi connectivity index (χ1n) is 4.75. The van der Waals surface area contributed by atoms with E-state index in [-0.39, 0.29) is 23.4 Å². The van der Waals surface area contributed by atoms with Crippen LogP contribution in [0.3, 0.4) is 0 Å². The van der Waals surface area contributed by atoms with Crippen molar-refractivity contribution < 1.29 is 18.0 Å². The van der Waals surface area contributed by atoms with Gasteiger partial charge < -0.3 is 0 Å². The van der Waals surface area contributed by atoms with Gasteiger partial charge in [0.1, 0.15) is 0 Å². The highest BCUT2D eigenvalue weighted by Gasteiger charge is 2.38. The van der Waals surface area contributed by atoms with Crippen molar-refractivity contribution in [2.45, 2.75) is 12.6 Å². The molecule has 2 rings (SSSR count). The summed E-state index contributed by atoms with van der Waals surface area (Å²) in [6.45, 7) is 3.87. The van der Waals surface area contributed by atoms with Crippen molar-refractivity contribution >= 4 is 22.4 Å². The van der Waals surface area contributed by atoms with Crippen LogP contribution in [-0.4, -0.2) is 22.6 Å². The third-order valence-corrected chi connectivity index (χ3v) is 3.37. The van der Waals surface area contributed by atoms with Gasteiger partial charge >= 0.3 is 6.18 Å². The van der Waals surface area contributed by atoms with Crippen molar-refractivity contribution in [3.8, 4) is 0 Å². The van der Waals surface area contributed by atoms with Crippen LogP contribution in [0.25, 0.3) is 0 Å². The number of amides is 1. The lowest BCUT2D eigenvalue weighted by Gasteiger charge is -2.10. The number of nitrogens with zero attached hydrogens (tertiary/aromatic N) is 3. The molecule has 1 aromatic rings. The lowest BCUT2D eigenvalue weighted by atomic mass is 10.1. The van der Waals surface area contributed by atoms with E-state index in [0.29, 0.717) is 17.9 Å². The Labute approximate surface area is 98.8 Å². The number of halogens is 3. The Morgan fingerprint density at radius 1 is 1.47 bits per heavy atom. The molecule has 1 aliphatic rings. The van der Waals surface area contributed by atoms with E-state index in [1.54, 1.807) is 6.08 Å². The van der Waals surface area contributed by atoms with Gasteiger partial charge in [-0.2, -0.15) is 13.2 Å². The molecular formula is C9H8F3N3OS. The predicted octanol–water partition coefficient (Wildman–Crippen LogP) is 2.10. The third kappa shape index (κ3) is 2.31. The van der Waals surface area contributed by atoms with Gasteiger partial charge in [0.25, 0.3) is 0 Å². The van der Waals surface area contributed by atoms with Crippen molar-refractivity contribution in [1.29, 1.82) is 0 Å². The smallest absolute Gasteiger partial charge is 0.286 e. The second-order valence-corrected chi connectivity index (χ2v) is 4.55. The molecule has 0 radical (unpaired) electrons. The Bertz CT molecular complexity index is 457. The van der Waals surface area contributed by atoms with Crippen LogP contribution >= 0.6 is 11.3 Å². The molecule has 1 atom stereocenters. The van der Waals surface area contributed by atoms with E-state index in [0.717, 1.165) is 0 Å². The van der Waals surface area contributed by atoms with Gasteiger partial charge in [0.15, 0.2) is 0 Å². The summed E-state index contributed by atoms with van der Waals surface area (Å²) in [5, 5.41) is 5.40. The van der Waals surface area contributed by atoms with Crippen LogP contribution in [0.5, 0.6) is 0 Å². The Balaban J connectivity index is 2.21. The zero-order valence-corrected chi connectivity index (χ0v) is 9.38. The zero-order chi connectivity index (χ0) is 12.6. The van der Waals surface area contributed by atoms with Crippen molar-refractivity contribution in [3.63, 3.8) is 0 Å². The van der Waals surface area contributed by atoms with Gasteiger partial charge in [0, 0.05) is 18.9 Å². The minimum atomic E-state index is -4.52. The number of hydrogen-bond donors (Lipinski definition) is 0. The summed E-state index contributed by atoms with van der Waals surface area (Å²) in [6.07, 6.45) is -2.65. The molecule has 8 heteroatoms. The molecule has 0 aromatic carbocycles. The van der Waals surface area contributed by atoms with Crippen LogP contribution in [0.4, 0.5) is 18.3 Å². The molecule has 17 heavy (non-hydrogen) atoms. The molecule has 0 spiro atoms. The molecular weight excluding hydrogens is 255 g/mol. The summed E-state index contributed by atoms with van der Waals surface area (Å²) >= 11 is 0.377. The van der Waals surface area contributed by atoms with Crippen molar-refractivity contribution in [2.75, 3.05) is 11.4 Å². The van der Waals surface area contributed by atoms with E-state index in [4.69, 9.17) is 0 Å². The molecule has 0 bridgehead atoms. The highest BCUT2D eigenvalue weighted by atomic mass is 32.1. The van der Waals surface area contributed by atoms with Crippen LogP contribution in [-0.2, 0) is 11.0 Å². The molecule has 2 heterocycles. The molecule has 0 saturated carbocycles. The summed E-state index contributed by atoms with van der Waals surface area (Å²) in [4.78, 5) is 12.8. The first kappa shape index (κ1) is 12.0. The maximum Gasteiger partial charge on any atom is 0.445 e. The number of carbonyl (C=O) groups is 1. The molecule has 1 aliphatic heterocycles. The number of hydrogen-bond acceptors (Lipinski definition) is 4. The van der Waals surface area contributed by atoms with E-state index in [1.165, 1.54) is 4.90 Å². The van der Waals surface area contributed by atoms with Crippen molar-refractivity contribution in [3.05, 3.63) is 17.7 Å². The number of carbonyl (C=O) groups excluding carboxylic acids is 1. The van der Waals surface area contributed by atoms with Gasteiger partial charge in [-0.05, 0) is 0 Å². The van der Waals surface area contributed by atoms with Gasteiger partial charge in [0.2, 0.25) is 16.0 Å². The van der Waals surface area contributed by atoms with E-state index in [9.17, 15) is 18.0 Å². The topological polar surface area (TPSA) is 46.1 Å². The van der Waals surface area contributed by atoms with Crippen LogP contribution < -0.4 is 4.90 Å². The average molecular weight is 263 g/mol. The average Bonchev–Trinajstić information content (AvgIpc) is 2.82. The molecule has 1 amide bonds. The van der Waals surface area contributed by atoms with Crippen LogP contribution in [0.15, 0.2) is 12.7 Å². The van der Waals surface area contributed by atoms with Crippen LogP contribution in [0.1, 0.15) is 11.4 Å². The molecule has 4 nitrogen and oxygen atoms in total. The van der Waals surface area contributed by atoms with E-state index >= 15 is 0 Å². The highest BCUT2D eigenvalue weighted by molar-refractivity contribution is 7.15. The van der Waals surface area contributed by atoms with Crippen molar-refractivity contribution in [1.82, 2.24) is 10.2 Å². The predicted molar refractivity (Wildman–Crippen MR) is 55.6 cm³/mol. The fourth-order valence-corrected chi connectivity index (χ4v) is 2.26. The Morgan fingerprint density at radius 3 is 2.65 bits per heavy atom. The normalized spacial score (nSPS) is 21.0. The standard InChI is InChI=1S/C9H8F3N3OS/c1-2-5-3-6(16)15(4-5)8-14-13-7(17-8)9(10,11)12/h2,5H,1,3-4H2. The summed E-state index contributed by atoms with van der Waals surface area (Å²) < 4.78 is 36.9. The molecule has 1 unspecified atom stereocenters. The maximum absolute atomic E-state index is 12.3. The van der Waals surface area contributed by atoms with Crippen LogP contribution in [0.2, 0.25) is 0 Å². The second-order valence-electron chi connectivity index (χ2n) is 3.59. The number of rotatable bonds is 2. The molecule has 1 aromatic heterocycles. The molecule has 0 aliphatic carbocycles. The zero-order valence-electron chi connectivity index (χ0n) is 8.57. The Morgan fingerprint density at radius 2 is 2.18 bits per heavy atom. The second kappa shape index (κ2) is 4.10. The quantitative estimate of drug-likeness (QED) is 0.767. The molecule has 0 N–H and O–H groups in total. The monoisotopic (exact) mass is 263 g/mol. The number of aromatic nitrogens is 2. The van der Waals surface area contributed by atoms with E-state index in [1.807, 2.05) is 0 Å². The van der Waals surface area contributed by atoms with Crippen molar-refractivity contribution in [2.24, 2.45) is 5.92 Å². The summed E-state index contributed by atoms with van der Waals surface area (Å²) in [6, 6.07) is 0. The lowest BCUT2D eigenvalue weighted by molar-refractivity contribution is -0.138. The summed E-state index contributed by atoms with van der Waals surface area (Å²) in [7, 11) is 0. The number of anilines is 1. The lowest BCUT2D eigenvalue weighted by Crippen LogP contribution is -2.24. The SMILES string of the molecule is C=CC1CC(=O)N(c2nnc(C(F)(F)F)s2)C1. The van der Waals surface area contributed by atoms with E-state index < -0.39 is 11.2 Å². The van der Waals surface area contributed by atoms with Crippen LogP contribution in [0, 0.1) is 5.92 Å². The minimum absolute atomic E-state index is 0.00771. The summed E-state index contributed by atoms with van der Waals surface area (Å²) in [5.41, 5.74) is 0. The molecule has 1 saturated heterocycles. The molecule has 92 valence electrons. The fourth-order valence-electron chi connectivity index (χ4n) is 1.52. The maximum atomic E-state index is 12.3. The third-order valence-electron chi connectivity index (χ3n) is 2.38. The largest absolute Gasteiger partial charge is 0.445 e. The van der Waals surface area contributed by atoms with Gasteiger partial charge in [-0.25, -0.2) is 0 Å². The van der Waals surface area contributed by atoms with Gasteiger partial charge in [0.05, 0.1) is 0 Å². The summed E-state index contributed by atoms with van der Waals surface area (Å²) in [5.74, 6) is -0.291. The van der Waals surface area contributed by atoms with Gasteiger partial charge in [-0.15, -0.1) is 16.8 Å².